The largest absolute Gasteiger partial charge is 0.480 e. The van der Waals surface area contributed by atoms with Crippen molar-refractivity contribution in [1.82, 2.24) is 35.6 Å². The normalized spacial score (nSPS) is 25.6. The number of esters is 1. The number of carbonyl (C=O) groups excluding carboxylic acids is 8. The van der Waals surface area contributed by atoms with Gasteiger partial charge in [-0.15, -0.1) is 0 Å². The summed E-state index contributed by atoms with van der Waals surface area (Å²) in [6.45, 7) is 10.1. The predicted octanol–water partition coefficient (Wildman–Crippen LogP) is 3.18. The SMILES string of the molecule is CCC(C)C1C(=O)NC(CC(N)=O)C(=O)N2CCCC2C(=O)NC(C(OC)c2ccccc2)C(=O)OC(c2coc(C(C)CCc3ccccc3)n2)C(C)C(=O)NC(C(=O)O)CC(=O)N(C)C(C(C)C)C(=O)N1C. The van der Waals surface area contributed by atoms with E-state index in [1.54, 1.807) is 58.0 Å². The topological polar surface area (TPSA) is 290 Å². The smallest absolute Gasteiger partial charge is 0.332 e. The third kappa shape index (κ3) is 14.1. The summed E-state index contributed by atoms with van der Waals surface area (Å²) in [6.07, 6.45) is -1.08. The second-order valence-electron chi connectivity index (χ2n) is 19.7. The van der Waals surface area contributed by atoms with E-state index in [9.17, 15) is 48.3 Å². The van der Waals surface area contributed by atoms with E-state index < -0.39 is 132 Å². The molecule has 0 spiro atoms. The van der Waals surface area contributed by atoms with Crippen molar-refractivity contribution in [1.29, 1.82) is 0 Å². The van der Waals surface area contributed by atoms with Gasteiger partial charge >= 0.3 is 11.9 Å². The zero-order valence-electron chi connectivity index (χ0n) is 43.6. The minimum atomic E-state index is -1.86. The van der Waals surface area contributed by atoms with E-state index >= 15 is 0 Å². The first kappa shape index (κ1) is 57.7. The maximum Gasteiger partial charge on any atom is 0.332 e. The lowest BCUT2D eigenvalue weighted by molar-refractivity contribution is -0.163. The molecule has 5 rings (SSSR count). The molecule has 1 aromatic heterocycles. The lowest BCUT2D eigenvalue weighted by Gasteiger charge is -2.38. The van der Waals surface area contributed by atoms with Gasteiger partial charge in [0, 0.05) is 33.7 Å². The summed E-state index contributed by atoms with van der Waals surface area (Å²) in [5.74, 6) is -11.2. The van der Waals surface area contributed by atoms with Gasteiger partial charge in [-0.3, -0.25) is 33.6 Å². The summed E-state index contributed by atoms with van der Waals surface area (Å²) in [5, 5.41) is 18.3. The number of carboxylic acids is 1. The second-order valence-corrected chi connectivity index (χ2v) is 19.7. The Balaban J connectivity index is 1.64. The molecule has 11 unspecified atom stereocenters. The van der Waals surface area contributed by atoms with Crippen LogP contribution in [0.4, 0.5) is 0 Å². The van der Waals surface area contributed by atoms with Crippen molar-refractivity contribution in [3.63, 3.8) is 0 Å². The minimum absolute atomic E-state index is 0.0114. The van der Waals surface area contributed by atoms with Crippen molar-refractivity contribution < 1.29 is 62.1 Å². The van der Waals surface area contributed by atoms with E-state index in [4.69, 9.17) is 19.6 Å². The van der Waals surface area contributed by atoms with Gasteiger partial charge in [0.25, 0.3) is 0 Å². The standard InChI is InChI=1S/C53H72N8O13/c1-10-30(4)43-48(66)55-35(26-39(54)62)50(67)61-25-17-22-38(61)47(65)58-41(45(72-9)34-20-15-12-16-21-34)53(71)74-44(37-28-73-49(57-37)31(5)23-24-33-18-13-11-14-19-33)32(6)46(64)56-36(52(69)70)27-40(63)59(7)42(29(2)3)51(68)60(43)8/h11-16,18-21,28-32,35-36,38,41-45H,10,17,22-27H2,1-9H3,(H2,54,62)(H,55,66)(H,56,64)(H,58,65)(H,69,70). The number of aryl methyl sites for hydroxylation is 1. The summed E-state index contributed by atoms with van der Waals surface area (Å²) in [4.78, 5) is 135. The highest BCUT2D eigenvalue weighted by Crippen LogP contribution is 2.33. The quantitative estimate of drug-likeness (QED) is 0.145. The average molecular weight is 1030 g/mol. The zero-order valence-corrected chi connectivity index (χ0v) is 43.6. The number of rotatable bonds is 14. The Labute approximate surface area is 431 Å². The Morgan fingerprint density at radius 1 is 0.865 bits per heavy atom. The lowest BCUT2D eigenvalue weighted by atomic mass is 9.93. The number of hydrogen-bond donors (Lipinski definition) is 5. The first-order chi connectivity index (χ1) is 35.1. The number of carboxylic acid groups (broad SMARTS) is 1. The van der Waals surface area contributed by atoms with Crippen molar-refractivity contribution >= 4 is 53.3 Å². The Kier molecular flexibility index (Phi) is 20.4. The summed E-state index contributed by atoms with van der Waals surface area (Å²) in [6, 6.07) is 9.24. The molecule has 74 heavy (non-hydrogen) atoms. The lowest BCUT2D eigenvalue weighted by Crippen LogP contribution is -2.61. The zero-order chi connectivity index (χ0) is 54.6. The molecule has 0 radical (unpaired) electrons. The number of cyclic esters (lactones) is 1. The Morgan fingerprint density at radius 2 is 1.51 bits per heavy atom. The number of aromatic nitrogens is 1. The van der Waals surface area contributed by atoms with Gasteiger partial charge in [-0.2, -0.15) is 0 Å². The highest BCUT2D eigenvalue weighted by atomic mass is 16.6. The maximum absolute atomic E-state index is 15.0. The van der Waals surface area contributed by atoms with Gasteiger partial charge in [0.2, 0.25) is 41.4 Å². The van der Waals surface area contributed by atoms with Gasteiger partial charge in [-0.1, -0.05) is 102 Å². The first-order valence-corrected chi connectivity index (χ1v) is 25.1. The molecule has 21 nitrogen and oxygen atoms in total. The van der Waals surface area contributed by atoms with Crippen LogP contribution in [0.5, 0.6) is 0 Å². The van der Waals surface area contributed by atoms with Crippen molar-refractivity contribution in [2.75, 3.05) is 27.7 Å². The molecule has 11 atom stereocenters. The third-order valence-electron chi connectivity index (χ3n) is 14.1. The Morgan fingerprint density at radius 3 is 2.11 bits per heavy atom. The number of oxazole rings is 1. The van der Waals surface area contributed by atoms with Crippen molar-refractivity contribution in [2.45, 2.75) is 141 Å². The van der Waals surface area contributed by atoms with Crippen LogP contribution in [0.2, 0.25) is 0 Å². The fourth-order valence-electron chi connectivity index (χ4n) is 9.60. The highest BCUT2D eigenvalue weighted by molar-refractivity contribution is 5.98. The van der Waals surface area contributed by atoms with Gasteiger partial charge in [-0.25, -0.2) is 14.6 Å². The molecule has 3 aromatic rings. The van der Waals surface area contributed by atoms with Crippen LogP contribution in [-0.4, -0.2) is 142 Å². The number of carbonyl (C=O) groups is 9. The van der Waals surface area contributed by atoms with Crippen LogP contribution < -0.4 is 21.7 Å². The number of benzene rings is 2. The molecule has 2 saturated heterocycles. The van der Waals surface area contributed by atoms with Crippen LogP contribution >= 0.6 is 0 Å². The number of aliphatic carboxylic acids is 1. The molecule has 3 heterocycles. The number of nitrogens with two attached hydrogens (primary N) is 1. The summed E-state index contributed by atoms with van der Waals surface area (Å²) >= 11 is 0. The molecule has 0 saturated carbocycles. The van der Waals surface area contributed by atoms with E-state index in [0.717, 1.165) is 15.4 Å². The minimum Gasteiger partial charge on any atom is -0.480 e. The van der Waals surface area contributed by atoms with Gasteiger partial charge in [-0.05, 0) is 55.6 Å². The number of fused-ring (bicyclic) bond motifs is 1. The van der Waals surface area contributed by atoms with Crippen molar-refractivity contribution in [2.24, 2.45) is 23.5 Å². The molecule has 6 N–H and O–H groups in total. The molecule has 2 aliphatic rings. The number of ether oxygens (including phenoxy) is 2. The number of nitrogens with one attached hydrogen (secondary N) is 3. The monoisotopic (exact) mass is 1030 g/mol. The van der Waals surface area contributed by atoms with E-state index in [1.807, 2.05) is 37.3 Å². The predicted molar refractivity (Wildman–Crippen MR) is 268 cm³/mol. The number of methoxy groups -OCH3 is 1. The molecule has 0 aliphatic carbocycles. The van der Waals surface area contributed by atoms with Crippen LogP contribution in [0.3, 0.4) is 0 Å². The van der Waals surface area contributed by atoms with Gasteiger partial charge in [0.15, 0.2) is 18.0 Å². The first-order valence-electron chi connectivity index (χ1n) is 25.1. The summed E-state index contributed by atoms with van der Waals surface area (Å²) in [5.41, 5.74) is 7.13. The molecule has 402 valence electrons. The molecular weight excluding hydrogens is 957 g/mol. The second kappa shape index (κ2) is 26.2. The van der Waals surface area contributed by atoms with E-state index in [2.05, 4.69) is 20.9 Å². The average Bonchev–Trinajstić information content (AvgIpc) is 4.08. The van der Waals surface area contributed by atoms with Crippen LogP contribution in [0.1, 0.15) is 121 Å². The molecule has 7 amide bonds. The van der Waals surface area contributed by atoms with Crippen molar-refractivity contribution in [3.05, 3.63) is 89.6 Å². The van der Waals surface area contributed by atoms with E-state index in [-0.39, 0.29) is 30.5 Å². The fraction of sp³-hybridized carbons (Fsp3) is 0.547. The van der Waals surface area contributed by atoms with Crippen molar-refractivity contribution in [3.8, 4) is 0 Å². The highest BCUT2D eigenvalue weighted by Gasteiger charge is 2.45. The van der Waals surface area contributed by atoms with Gasteiger partial charge < -0.3 is 55.4 Å². The summed E-state index contributed by atoms with van der Waals surface area (Å²) in [7, 11) is 3.98. The Bertz CT molecular complexity index is 2470. The van der Waals surface area contributed by atoms with Crippen LogP contribution in [0.25, 0.3) is 0 Å². The number of hydrogen-bond acceptors (Lipinski definition) is 13. The number of likely N-dealkylation sites (N-methyl/N-ethyl adjacent to an activating group) is 2. The van der Waals surface area contributed by atoms with Gasteiger partial charge in [0.05, 0.1) is 18.8 Å². The summed E-state index contributed by atoms with van der Waals surface area (Å²) < 4.78 is 18.0. The van der Waals surface area contributed by atoms with Crippen LogP contribution in [0.15, 0.2) is 71.3 Å². The molecule has 2 fully saturated rings. The number of amides is 7. The van der Waals surface area contributed by atoms with Gasteiger partial charge in [0.1, 0.15) is 48.3 Å². The van der Waals surface area contributed by atoms with Crippen LogP contribution in [-0.2, 0) is 59.0 Å². The third-order valence-corrected chi connectivity index (χ3v) is 14.1. The molecule has 2 aromatic carbocycles. The fourth-order valence-corrected chi connectivity index (χ4v) is 9.60. The molecule has 0 bridgehead atoms. The molecular formula is C53H72N8O13. The number of nitrogens with zero attached hydrogens (tertiary/aromatic N) is 4. The maximum atomic E-state index is 15.0. The Hall–Kier alpha value is -7.16. The molecule has 21 heteroatoms. The number of primary amides is 1. The van der Waals surface area contributed by atoms with Crippen LogP contribution in [0, 0.1) is 17.8 Å². The molecule has 2 aliphatic heterocycles. The van der Waals surface area contributed by atoms with E-state index in [1.165, 1.54) is 39.3 Å². The van der Waals surface area contributed by atoms with E-state index in [0.29, 0.717) is 31.2 Å².